The molecule has 0 aromatic heterocycles. The first-order chi connectivity index (χ1) is 19.8. The zero-order valence-electron chi connectivity index (χ0n) is 22.1. The van der Waals surface area contributed by atoms with Gasteiger partial charge in [-0.2, -0.15) is 0 Å². The molecule has 194 valence electrons. The van der Waals surface area contributed by atoms with Gasteiger partial charge in [0, 0.05) is 0 Å². The molecular weight excluding hydrogens is 642 g/mol. The van der Waals surface area contributed by atoms with E-state index in [-0.39, 0.29) is 0 Å². The summed E-state index contributed by atoms with van der Waals surface area (Å²) in [5.41, 5.74) is 0. The van der Waals surface area contributed by atoms with Crippen LogP contribution in [-0.2, 0) is 0 Å². The van der Waals surface area contributed by atoms with Gasteiger partial charge in [-0.15, -0.1) is 0 Å². The molecule has 0 aliphatic carbocycles. The molecule has 0 atom stereocenters. The maximum atomic E-state index is 2.37. The third-order valence-electron chi connectivity index (χ3n) is 7.37. The predicted molar refractivity (Wildman–Crippen MR) is 183 cm³/mol. The standard InChI is InChI=1S/C36H30Ge2S2/c1-7-19-31(20-8-1)37(32-21-9-2-10-22-32,33-23-11-3-12-24-33)39-40-38(34-25-13-4-14-26-34,35-27-15-5-16-28-35)36-29-17-6-18-30-36/h1-30H. The number of benzene rings is 6. The molecule has 0 heterocycles. The minimum absolute atomic E-state index is 1.47. The second kappa shape index (κ2) is 12.7. The Morgan fingerprint density at radius 1 is 0.225 bits per heavy atom. The van der Waals surface area contributed by atoms with Crippen LogP contribution in [0.2, 0.25) is 0 Å². The molecule has 0 aliphatic heterocycles. The van der Waals surface area contributed by atoms with E-state index in [1.54, 1.807) is 0 Å². The van der Waals surface area contributed by atoms with Gasteiger partial charge < -0.3 is 0 Å². The van der Waals surface area contributed by atoms with E-state index in [1.807, 2.05) is 0 Å². The second-order valence-corrected chi connectivity index (χ2v) is 36.7. The summed E-state index contributed by atoms with van der Waals surface area (Å²) in [5, 5.41) is 0. The predicted octanol–water partition coefficient (Wildman–Crippen LogP) is 5.70. The van der Waals surface area contributed by atoms with Crippen molar-refractivity contribution in [1.29, 1.82) is 0 Å². The van der Waals surface area contributed by atoms with Crippen molar-refractivity contribution >= 4 is 68.9 Å². The van der Waals surface area contributed by atoms with E-state index in [0.29, 0.717) is 0 Å². The summed E-state index contributed by atoms with van der Waals surface area (Å²) in [6, 6.07) is 67.9. The Morgan fingerprint density at radius 3 is 0.525 bits per heavy atom. The van der Waals surface area contributed by atoms with Gasteiger partial charge >= 0.3 is 251 Å². The van der Waals surface area contributed by atoms with Crippen LogP contribution in [0.3, 0.4) is 0 Å². The Labute approximate surface area is 249 Å². The monoisotopic (exact) mass is 674 g/mol. The summed E-state index contributed by atoms with van der Waals surface area (Å²) in [7, 11) is 4.41. The van der Waals surface area contributed by atoms with Crippen LogP contribution in [0.4, 0.5) is 0 Å². The normalized spacial score (nSPS) is 11.7. The SMILES string of the molecule is c1cc[c]([Ge]([S][S][Ge]([c]2ccccc2)([c]2ccccc2)[c]2ccccc2)([c]2ccccc2)[c]2ccccc2)cc1. The van der Waals surface area contributed by atoms with Crippen molar-refractivity contribution in [3.8, 4) is 0 Å². The summed E-state index contributed by atoms with van der Waals surface area (Å²) in [6.07, 6.45) is 0. The average molecular weight is 672 g/mol. The molecule has 0 saturated carbocycles. The van der Waals surface area contributed by atoms with Gasteiger partial charge in [-0.05, 0) is 0 Å². The third-order valence-corrected chi connectivity index (χ3v) is 50.7. The Bertz CT molecular complexity index is 1290. The molecule has 0 fully saturated rings. The van der Waals surface area contributed by atoms with E-state index < -0.39 is 24.2 Å². The van der Waals surface area contributed by atoms with E-state index >= 15 is 0 Å². The van der Waals surface area contributed by atoms with E-state index in [4.69, 9.17) is 0 Å². The van der Waals surface area contributed by atoms with E-state index in [2.05, 4.69) is 200 Å². The van der Waals surface area contributed by atoms with Crippen molar-refractivity contribution in [2.24, 2.45) is 0 Å². The van der Waals surface area contributed by atoms with Crippen LogP contribution in [0.1, 0.15) is 0 Å². The molecule has 0 bridgehead atoms. The Kier molecular flexibility index (Phi) is 8.69. The molecule has 0 amide bonds. The molecule has 0 radical (unpaired) electrons. The zero-order chi connectivity index (χ0) is 27.1. The van der Waals surface area contributed by atoms with E-state index in [9.17, 15) is 0 Å². The summed E-state index contributed by atoms with van der Waals surface area (Å²) in [5.74, 6) is 0. The van der Waals surface area contributed by atoms with Gasteiger partial charge in [-0.25, -0.2) is 0 Å². The van der Waals surface area contributed by atoms with Gasteiger partial charge in [0.2, 0.25) is 0 Å². The molecule has 0 aliphatic rings. The van der Waals surface area contributed by atoms with Crippen LogP contribution >= 0.6 is 18.2 Å². The Balaban J connectivity index is 1.62. The first-order valence-electron chi connectivity index (χ1n) is 13.5. The summed E-state index contributed by atoms with van der Waals surface area (Å²) < 4.78 is 8.85. The first kappa shape index (κ1) is 27.3. The van der Waals surface area contributed by atoms with Crippen LogP contribution in [0.5, 0.6) is 0 Å². The summed E-state index contributed by atoms with van der Waals surface area (Å²) in [6.45, 7) is 0. The second-order valence-electron chi connectivity index (χ2n) is 9.73. The van der Waals surface area contributed by atoms with Crippen molar-refractivity contribution in [1.82, 2.24) is 0 Å². The molecule has 4 heteroatoms. The molecule has 40 heavy (non-hydrogen) atoms. The third kappa shape index (κ3) is 5.26. The van der Waals surface area contributed by atoms with Crippen molar-refractivity contribution in [2.75, 3.05) is 0 Å². The van der Waals surface area contributed by atoms with E-state index in [1.165, 1.54) is 26.4 Å². The minimum atomic E-state index is -3.24. The van der Waals surface area contributed by atoms with Gasteiger partial charge in [-0.3, -0.25) is 0 Å². The maximum absolute atomic E-state index is 3.24. The number of hydrogen-bond donors (Lipinski definition) is 0. The molecule has 0 unspecified atom stereocenters. The molecule has 6 aromatic carbocycles. The van der Waals surface area contributed by atoms with Gasteiger partial charge in [0.05, 0.1) is 0 Å². The van der Waals surface area contributed by atoms with Crippen molar-refractivity contribution in [3.63, 3.8) is 0 Å². The number of rotatable bonds is 9. The van der Waals surface area contributed by atoms with Crippen LogP contribution in [0.15, 0.2) is 182 Å². The Hall–Kier alpha value is -2.89. The van der Waals surface area contributed by atoms with Crippen LogP contribution < -0.4 is 26.4 Å². The van der Waals surface area contributed by atoms with Gasteiger partial charge in [-0.1, -0.05) is 0 Å². The van der Waals surface area contributed by atoms with Crippen LogP contribution in [-0.4, -0.2) is 24.2 Å². The Morgan fingerprint density at radius 2 is 0.375 bits per heavy atom. The van der Waals surface area contributed by atoms with Crippen LogP contribution in [0, 0.1) is 0 Å². The van der Waals surface area contributed by atoms with Crippen molar-refractivity contribution in [3.05, 3.63) is 182 Å². The molecule has 6 aromatic rings. The van der Waals surface area contributed by atoms with Gasteiger partial charge in [0.25, 0.3) is 0 Å². The van der Waals surface area contributed by atoms with Crippen LogP contribution in [0.25, 0.3) is 0 Å². The molecule has 0 saturated heterocycles. The van der Waals surface area contributed by atoms with E-state index in [0.717, 1.165) is 0 Å². The van der Waals surface area contributed by atoms with Gasteiger partial charge in [0.15, 0.2) is 0 Å². The number of hydrogen-bond acceptors (Lipinski definition) is 2. The fraction of sp³-hybridized carbons (Fsp3) is 0. The molecular formula is C36H30Ge2S2. The van der Waals surface area contributed by atoms with Gasteiger partial charge in [0.1, 0.15) is 0 Å². The topological polar surface area (TPSA) is 0 Å². The molecule has 0 nitrogen and oxygen atoms in total. The summed E-state index contributed by atoms with van der Waals surface area (Å²) in [4.78, 5) is 0. The quantitative estimate of drug-likeness (QED) is 0.143. The zero-order valence-corrected chi connectivity index (χ0v) is 28.0. The van der Waals surface area contributed by atoms with Crippen molar-refractivity contribution < 1.29 is 0 Å². The molecule has 0 N–H and O–H groups in total. The molecule has 6 rings (SSSR count). The average Bonchev–Trinajstić information content (AvgIpc) is 3.06. The fourth-order valence-corrected chi connectivity index (χ4v) is 65.7. The summed E-state index contributed by atoms with van der Waals surface area (Å²) >= 11 is -6.49. The first-order valence-corrected chi connectivity index (χ1v) is 27.1. The molecule has 0 spiro atoms. The van der Waals surface area contributed by atoms with Crippen molar-refractivity contribution in [2.45, 2.75) is 0 Å². The fourth-order valence-electron chi connectivity index (χ4n) is 5.45.